The van der Waals surface area contributed by atoms with Crippen LogP contribution >= 0.6 is 0 Å². The molecule has 3 rings (SSSR count). The number of hydrogen-bond acceptors (Lipinski definition) is 5. The summed E-state index contributed by atoms with van der Waals surface area (Å²) in [5.41, 5.74) is 1.62. The molecule has 6 heteroatoms. The van der Waals surface area contributed by atoms with E-state index in [1.807, 2.05) is 43.3 Å². The first-order valence-electron chi connectivity index (χ1n) is 6.60. The van der Waals surface area contributed by atoms with Gasteiger partial charge in [-0.2, -0.15) is 15.1 Å². The molecule has 0 radical (unpaired) electrons. The number of aromatic nitrogens is 4. The summed E-state index contributed by atoms with van der Waals surface area (Å²) in [6, 6.07) is 7.79. The number of nitrogens with zero attached hydrogens (tertiary/aromatic N) is 3. The number of fused-ring (bicyclic) bond motifs is 1. The Bertz CT molecular complexity index is 794. The number of para-hydroxylation sites is 1. The number of ether oxygens (including phenoxy) is 1. The van der Waals surface area contributed by atoms with Crippen LogP contribution < -0.4 is 10.1 Å². The minimum atomic E-state index is 0.468. The summed E-state index contributed by atoms with van der Waals surface area (Å²) in [6.07, 6.45) is 5.61. The fraction of sp³-hybridized carbons (Fsp3) is 0.133. The topological polar surface area (TPSA) is 75.7 Å². The predicted octanol–water partition coefficient (Wildman–Crippen LogP) is 3.22. The Morgan fingerprint density at radius 1 is 1.24 bits per heavy atom. The number of nitrogens with one attached hydrogen (secondary N) is 2. The number of aromatic amines is 1. The van der Waals surface area contributed by atoms with E-state index in [1.165, 1.54) is 0 Å². The van der Waals surface area contributed by atoms with Gasteiger partial charge in [-0.1, -0.05) is 30.4 Å². The van der Waals surface area contributed by atoms with Gasteiger partial charge in [0.2, 0.25) is 11.8 Å². The van der Waals surface area contributed by atoms with Crippen molar-refractivity contribution in [3.05, 3.63) is 42.1 Å². The zero-order valence-electron chi connectivity index (χ0n) is 11.8. The highest BCUT2D eigenvalue weighted by Crippen LogP contribution is 2.30. The van der Waals surface area contributed by atoms with E-state index in [9.17, 15) is 0 Å². The van der Waals surface area contributed by atoms with E-state index in [2.05, 4.69) is 25.5 Å². The SMILES string of the molecule is C/C=C/c1ccccc1Oc1nc(NC)nc2[nH]ncc12. The molecular weight excluding hydrogens is 266 g/mol. The lowest BCUT2D eigenvalue weighted by Gasteiger charge is -2.09. The predicted molar refractivity (Wildman–Crippen MR) is 82.5 cm³/mol. The van der Waals surface area contributed by atoms with Crippen LogP contribution in [-0.4, -0.2) is 27.2 Å². The molecule has 0 fully saturated rings. The second-order valence-corrected chi connectivity index (χ2v) is 4.37. The molecular formula is C15H15N5O. The van der Waals surface area contributed by atoms with E-state index in [1.54, 1.807) is 13.2 Å². The third-order valence-electron chi connectivity index (χ3n) is 2.97. The molecule has 2 heterocycles. The third kappa shape index (κ3) is 2.55. The van der Waals surface area contributed by atoms with E-state index < -0.39 is 0 Å². The van der Waals surface area contributed by atoms with Gasteiger partial charge in [0.05, 0.1) is 6.20 Å². The lowest BCUT2D eigenvalue weighted by Crippen LogP contribution is -1.99. The second kappa shape index (κ2) is 5.62. The summed E-state index contributed by atoms with van der Waals surface area (Å²) in [7, 11) is 1.76. The van der Waals surface area contributed by atoms with E-state index in [0.29, 0.717) is 17.5 Å². The number of allylic oxidation sites excluding steroid dienone is 1. The van der Waals surface area contributed by atoms with Crippen molar-refractivity contribution in [1.82, 2.24) is 20.2 Å². The highest BCUT2D eigenvalue weighted by Gasteiger charge is 2.12. The molecule has 0 unspecified atom stereocenters. The van der Waals surface area contributed by atoms with Gasteiger partial charge in [-0.05, 0) is 13.0 Å². The fourth-order valence-corrected chi connectivity index (χ4v) is 1.99. The van der Waals surface area contributed by atoms with Crippen LogP contribution in [-0.2, 0) is 0 Å². The minimum absolute atomic E-state index is 0.468. The van der Waals surface area contributed by atoms with Crippen molar-refractivity contribution in [3.8, 4) is 11.6 Å². The summed E-state index contributed by atoms with van der Waals surface area (Å²) in [6.45, 7) is 1.97. The van der Waals surface area contributed by atoms with Crippen molar-refractivity contribution >= 4 is 23.1 Å². The molecule has 0 aliphatic heterocycles. The summed E-state index contributed by atoms with van der Waals surface area (Å²) in [5.74, 6) is 1.68. The fourth-order valence-electron chi connectivity index (χ4n) is 1.99. The van der Waals surface area contributed by atoms with Crippen molar-refractivity contribution in [2.24, 2.45) is 0 Å². The van der Waals surface area contributed by atoms with Gasteiger partial charge < -0.3 is 10.1 Å². The van der Waals surface area contributed by atoms with Gasteiger partial charge in [0, 0.05) is 12.6 Å². The van der Waals surface area contributed by atoms with Crippen LogP contribution in [0, 0.1) is 0 Å². The normalized spacial score (nSPS) is 11.1. The molecule has 0 aliphatic rings. The van der Waals surface area contributed by atoms with Gasteiger partial charge in [0.1, 0.15) is 11.1 Å². The van der Waals surface area contributed by atoms with Crippen molar-refractivity contribution in [3.63, 3.8) is 0 Å². The monoisotopic (exact) mass is 281 g/mol. The van der Waals surface area contributed by atoms with E-state index in [4.69, 9.17) is 4.74 Å². The smallest absolute Gasteiger partial charge is 0.235 e. The molecule has 21 heavy (non-hydrogen) atoms. The first-order chi connectivity index (χ1) is 10.3. The van der Waals surface area contributed by atoms with Crippen molar-refractivity contribution < 1.29 is 4.74 Å². The van der Waals surface area contributed by atoms with Crippen LogP contribution in [0.1, 0.15) is 12.5 Å². The molecule has 6 nitrogen and oxygen atoms in total. The molecule has 106 valence electrons. The Kier molecular flexibility index (Phi) is 3.51. The maximum Gasteiger partial charge on any atom is 0.235 e. The summed E-state index contributed by atoms with van der Waals surface area (Å²) < 4.78 is 5.97. The number of anilines is 1. The molecule has 0 bridgehead atoms. The molecule has 0 aliphatic carbocycles. The zero-order chi connectivity index (χ0) is 14.7. The Morgan fingerprint density at radius 2 is 2.10 bits per heavy atom. The van der Waals surface area contributed by atoms with Crippen LogP contribution in [0.2, 0.25) is 0 Å². The Labute approximate surface area is 121 Å². The van der Waals surface area contributed by atoms with Gasteiger partial charge in [-0.3, -0.25) is 5.10 Å². The van der Waals surface area contributed by atoms with Crippen molar-refractivity contribution in [2.75, 3.05) is 12.4 Å². The van der Waals surface area contributed by atoms with E-state index in [-0.39, 0.29) is 0 Å². The van der Waals surface area contributed by atoms with Crippen molar-refractivity contribution in [1.29, 1.82) is 0 Å². The Morgan fingerprint density at radius 3 is 2.90 bits per heavy atom. The Hall–Kier alpha value is -2.89. The highest BCUT2D eigenvalue weighted by atomic mass is 16.5. The highest BCUT2D eigenvalue weighted by molar-refractivity contribution is 5.81. The Balaban J connectivity index is 2.07. The minimum Gasteiger partial charge on any atom is -0.437 e. The second-order valence-electron chi connectivity index (χ2n) is 4.37. The molecule has 0 amide bonds. The molecule has 0 atom stereocenters. The standard InChI is InChI=1S/C15H15N5O/c1-3-6-10-7-4-5-8-12(10)21-14-11-9-17-20-13(11)18-15(16-2)19-14/h3-9H,1-2H3,(H2,16,17,18,19,20)/b6-3+. The lowest BCUT2D eigenvalue weighted by molar-refractivity contribution is 0.468. The van der Waals surface area contributed by atoms with Crippen LogP contribution in [0.5, 0.6) is 11.6 Å². The first kappa shape index (κ1) is 13.1. The van der Waals surface area contributed by atoms with Gasteiger partial charge in [-0.15, -0.1) is 0 Å². The number of rotatable bonds is 4. The molecule has 2 N–H and O–H groups in total. The average molecular weight is 281 g/mol. The summed E-state index contributed by atoms with van der Waals surface area (Å²) in [5, 5.41) is 10.5. The van der Waals surface area contributed by atoms with Crippen LogP contribution in [0.25, 0.3) is 17.1 Å². The maximum absolute atomic E-state index is 5.97. The number of H-pyrrole nitrogens is 1. The summed E-state index contributed by atoms with van der Waals surface area (Å²) in [4.78, 5) is 8.64. The zero-order valence-corrected chi connectivity index (χ0v) is 11.8. The molecule has 2 aromatic heterocycles. The van der Waals surface area contributed by atoms with Crippen LogP contribution in [0.3, 0.4) is 0 Å². The molecule has 3 aromatic rings. The van der Waals surface area contributed by atoms with Gasteiger partial charge in [0.15, 0.2) is 5.65 Å². The lowest BCUT2D eigenvalue weighted by atomic mass is 10.2. The van der Waals surface area contributed by atoms with E-state index >= 15 is 0 Å². The quantitative estimate of drug-likeness (QED) is 0.768. The average Bonchev–Trinajstić information content (AvgIpc) is 2.98. The molecule has 0 spiro atoms. The van der Waals surface area contributed by atoms with Gasteiger partial charge in [-0.25, -0.2) is 0 Å². The maximum atomic E-state index is 5.97. The number of benzene rings is 1. The summed E-state index contributed by atoms with van der Waals surface area (Å²) >= 11 is 0. The van der Waals surface area contributed by atoms with Crippen molar-refractivity contribution in [2.45, 2.75) is 6.92 Å². The number of hydrogen-bond donors (Lipinski definition) is 2. The molecule has 0 saturated heterocycles. The molecule has 0 saturated carbocycles. The van der Waals surface area contributed by atoms with Gasteiger partial charge in [0.25, 0.3) is 0 Å². The van der Waals surface area contributed by atoms with Crippen LogP contribution in [0.15, 0.2) is 36.5 Å². The molecule has 1 aromatic carbocycles. The van der Waals surface area contributed by atoms with E-state index in [0.717, 1.165) is 16.7 Å². The first-order valence-corrected chi connectivity index (χ1v) is 6.60. The third-order valence-corrected chi connectivity index (χ3v) is 2.97. The largest absolute Gasteiger partial charge is 0.437 e. The van der Waals surface area contributed by atoms with Crippen LogP contribution in [0.4, 0.5) is 5.95 Å². The van der Waals surface area contributed by atoms with Gasteiger partial charge >= 0.3 is 0 Å².